The van der Waals surface area contributed by atoms with Crippen LogP contribution in [0.3, 0.4) is 0 Å². The average molecular weight is 643 g/mol. The van der Waals surface area contributed by atoms with Gasteiger partial charge in [-0.05, 0) is 33.7 Å². The van der Waals surface area contributed by atoms with Crippen LogP contribution in [0.1, 0.15) is 50.8 Å². The number of nitrogens with zero attached hydrogens (tertiary/aromatic N) is 4. The van der Waals surface area contributed by atoms with Crippen molar-refractivity contribution in [3.8, 4) is 21.3 Å². The molecule has 0 bridgehead atoms. The molecule has 1 atom stereocenters. The summed E-state index contributed by atoms with van der Waals surface area (Å²) in [6.45, 7) is 3.31. The van der Waals surface area contributed by atoms with Gasteiger partial charge in [-0.2, -0.15) is 13.2 Å². The van der Waals surface area contributed by atoms with Crippen LogP contribution in [0.2, 0.25) is 10.0 Å². The van der Waals surface area contributed by atoms with Crippen LogP contribution in [-0.2, 0) is 23.4 Å². The van der Waals surface area contributed by atoms with Crippen LogP contribution in [0.15, 0.2) is 16.5 Å². The number of carbonyl (C=O) groups is 1. The van der Waals surface area contributed by atoms with Crippen LogP contribution in [0.25, 0.3) is 21.3 Å². The molecule has 3 heterocycles. The van der Waals surface area contributed by atoms with Gasteiger partial charge in [0.15, 0.2) is 10.6 Å². The number of likely N-dealkylation sites (tertiary alicyclic amines) is 1. The van der Waals surface area contributed by atoms with Gasteiger partial charge in [0.05, 0.1) is 32.6 Å². The predicted octanol–water partition coefficient (Wildman–Crippen LogP) is 6.82. The SMILES string of the molecule is CC(C)(Cc1nnc(-c2nc(CN3CCCC(F)(F)C3)c(-c3ccc(C(C)(O)C(F)(F)F)c(Cl)c3Cl)s2)o1)C(=O)O. The molecule has 1 aliphatic rings. The van der Waals surface area contributed by atoms with Gasteiger partial charge in [-0.3, -0.25) is 9.69 Å². The van der Waals surface area contributed by atoms with E-state index in [0.717, 1.165) is 17.4 Å². The number of piperidine rings is 1. The minimum atomic E-state index is -5.05. The van der Waals surface area contributed by atoms with E-state index in [1.54, 1.807) is 0 Å². The van der Waals surface area contributed by atoms with Gasteiger partial charge in [0.2, 0.25) is 5.89 Å². The molecule has 1 aliphatic heterocycles. The Hall–Kier alpha value is -2.39. The lowest BCUT2D eigenvalue weighted by Crippen LogP contribution is -2.42. The van der Waals surface area contributed by atoms with Gasteiger partial charge in [-0.15, -0.1) is 21.5 Å². The van der Waals surface area contributed by atoms with Crippen LogP contribution >= 0.6 is 34.5 Å². The maximum absolute atomic E-state index is 14.1. The van der Waals surface area contributed by atoms with Crippen LogP contribution in [0.5, 0.6) is 0 Å². The molecule has 8 nitrogen and oxygen atoms in total. The van der Waals surface area contributed by atoms with E-state index < -0.39 is 46.2 Å². The molecule has 0 spiro atoms. The van der Waals surface area contributed by atoms with Crippen LogP contribution in [0, 0.1) is 5.41 Å². The fraction of sp³-hybridized carbons (Fsp3) is 0.520. The minimum absolute atomic E-state index is 0.0289. The molecule has 41 heavy (non-hydrogen) atoms. The molecule has 1 saturated heterocycles. The summed E-state index contributed by atoms with van der Waals surface area (Å²) in [6.07, 6.45) is -5.13. The van der Waals surface area contributed by atoms with Crippen molar-refractivity contribution in [3.05, 3.63) is 39.3 Å². The van der Waals surface area contributed by atoms with Crippen molar-refractivity contribution in [1.29, 1.82) is 0 Å². The lowest BCUT2D eigenvalue weighted by Gasteiger charge is -2.32. The second-order valence-corrected chi connectivity index (χ2v) is 12.4. The van der Waals surface area contributed by atoms with Crippen molar-refractivity contribution in [3.63, 3.8) is 0 Å². The first kappa shape index (κ1) is 31.5. The molecule has 16 heteroatoms. The van der Waals surface area contributed by atoms with Gasteiger partial charge < -0.3 is 14.6 Å². The van der Waals surface area contributed by atoms with Crippen molar-refractivity contribution >= 4 is 40.5 Å². The highest BCUT2D eigenvalue weighted by Gasteiger charge is 2.52. The predicted molar refractivity (Wildman–Crippen MR) is 141 cm³/mol. The number of aromatic nitrogens is 3. The number of halogens is 7. The Labute approximate surface area is 245 Å². The lowest BCUT2D eigenvalue weighted by molar-refractivity contribution is -0.258. The Morgan fingerprint density at radius 2 is 1.85 bits per heavy atom. The standard InChI is InChI=1S/C25H25Cl2F5N4O4S/c1-22(2,21(37)38)9-15-34-35-19(40-15)20-33-14(10-36-8-4-7-24(28,29)11-36)18(41-20)12-5-6-13(17(27)16(12)26)23(3,39)25(30,31)32/h5-6,39H,4,7-11H2,1-3H3,(H,37,38). The van der Waals surface area contributed by atoms with Gasteiger partial charge >= 0.3 is 12.1 Å². The molecule has 1 unspecified atom stereocenters. The molecule has 0 saturated carbocycles. The number of hydrogen-bond acceptors (Lipinski definition) is 8. The van der Waals surface area contributed by atoms with Crippen LogP contribution in [-0.4, -0.2) is 61.5 Å². The Morgan fingerprint density at radius 3 is 2.46 bits per heavy atom. The Morgan fingerprint density at radius 1 is 1.17 bits per heavy atom. The number of carboxylic acid groups (broad SMARTS) is 1. The molecule has 0 aliphatic carbocycles. The van der Waals surface area contributed by atoms with Gasteiger partial charge in [0.25, 0.3) is 11.8 Å². The maximum atomic E-state index is 14.1. The third-order valence-electron chi connectivity index (χ3n) is 6.77. The third-order valence-corrected chi connectivity index (χ3v) is 8.77. The summed E-state index contributed by atoms with van der Waals surface area (Å²) < 4.78 is 74.4. The molecule has 0 amide bonds. The summed E-state index contributed by atoms with van der Waals surface area (Å²) in [7, 11) is 0. The summed E-state index contributed by atoms with van der Waals surface area (Å²) in [5.41, 5.74) is -4.73. The van der Waals surface area contributed by atoms with E-state index in [4.69, 9.17) is 27.6 Å². The molecule has 1 fully saturated rings. The van der Waals surface area contributed by atoms with E-state index in [0.29, 0.717) is 18.3 Å². The molecule has 2 N–H and O–H groups in total. The van der Waals surface area contributed by atoms with Gasteiger partial charge in [0, 0.05) is 30.5 Å². The van der Waals surface area contributed by atoms with Crippen molar-refractivity contribution in [1.82, 2.24) is 20.1 Å². The Bertz CT molecular complexity index is 1460. The monoisotopic (exact) mass is 642 g/mol. The number of hydrogen-bond donors (Lipinski definition) is 2. The second kappa shape index (κ2) is 11.0. The topological polar surface area (TPSA) is 113 Å². The summed E-state index contributed by atoms with van der Waals surface area (Å²) >= 11 is 13.6. The highest BCUT2D eigenvalue weighted by Crippen LogP contribution is 2.48. The zero-order valence-corrected chi connectivity index (χ0v) is 24.3. The largest absolute Gasteiger partial charge is 0.481 e. The van der Waals surface area contributed by atoms with E-state index >= 15 is 0 Å². The average Bonchev–Trinajstić information content (AvgIpc) is 3.46. The highest BCUT2D eigenvalue weighted by atomic mass is 35.5. The first-order valence-electron chi connectivity index (χ1n) is 12.3. The van der Waals surface area contributed by atoms with Crippen LogP contribution < -0.4 is 0 Å². The zero-order valence-electron chi connectivity index (χ0n) is 22.0. The number of aliphatic carboxylic acids is 1. The molecular formula is C25H25Cl2F5N4O4S. The normalized spacial score (nSPS) is 17.9. The molecule has 4 rings (SSSR count). The number of aliphatic hydroxyl groups is 1. The first-order valence-corrected chi connectivity index (χ1v) is 13.8. The molecule has 3 aromatic rings. The van der Waals surface area contributed by atoms with Crippen LogP contribution in [0.4, 0.5) is 22.0 Å². The van der Waals surface area contributed by atoms with Gasteiger partial charge in [0.1, 0.15) is 0 Å². The molecule has 2 aromatic heterocycles. The maximum Gasteiger partial charge on any atom is 0.421 e. The van der Waals surface area contributed by atoms with E-state index in [1.165, 1.54) is 24.8 Å². The van der Waals surface area contributed by atoms with E-state index in [-0.39, 0.29) is 58.9 Å². The van der Waals surface area contributed by atoms with Gasteiger partial charge in [-0.25, -0.2) is 13.8 Å². The zero-order chi connectivity index (χ0) is 30.5. The summed E-state index contributed by atoms with van der Waals surface area (Å²) in [6, 6.07) is 2.23. The Kier molecular flexibility index (Phi) is 8.48. The fourth-order valence-electron chi connectivity index (χ4n) is 4.27. The quantitative estimate of drug-likeness (QED) is 0.257. The van der Waals surface area contributed by atoms with Gasteiger partial charge in [-0.1, -0.05) is 35.3 Å². The summed E-state index contributed by atoms with van der Waals surface area (Å²) in [5, 5.41) is 26.7. The molecule has 0 radical (unpaired) electrons. The van der Waals surface area contributed by atoms with E-state index in [2.05, 4.69) is 15.2 Å². The number of carboxylic acids is 1. The molecule has 1 aromatic carbocycles. The van der Waals surface area contributed by atoms with Crippen molar-refractivity contribution < 1.29 is 41.4 Å². The highest BCUT2D eigenvalue weighted by molar-refractivity contribution is 7.18. The number of alkyl halides is 5. The summed E-state index contributed by atoms with van der Waals surface area (Å²) in [4.78, 5) is 17.8. The number of rotatable bonds is 8. The number of benzene rings is 1. The van der Waals surface area contributed by atoms with Crippen molar-refractivity contribution in [2.75, 3.05) is 13.1 Å². The minimum Gasteiger partial charge on any atom is -0.481 e. The molecular weight excluding hydrogens is 618 g/mol. The first-order chi connectivity index (χ1) is 18.8. The fourth-order valence-corrected chi connectivity index (χ4v) is 5.96. The van der Waals surface area contributed by atoms with E-state index in [9.17, 15) is 37.0 Å². The molecule has 224 valence electrons. The van der Waals surface area contributed by atoms with Crippen molar-refractivity contribution in [2.45, 2.75) is 64.3 Å². The van der Waals surface area contributed by atoms with E-state index in [1.807, 2.05) is 0 Å². The second-order valence-electron chi connectivity index (χ2n) is 10.7. The lowest BCUT2D eigenvalue weighted by atomic mass is 9.90. The Balaban J connectivity index is 1.78. The van der Waals surface area contributed by atoms with Crippen molar-refractivity contribution in [2.24, 2.45) is 5.41 Å². The third kappa shape index (κ3) is 6.51. The number of thiazole rings is 1. The summed E-state index contributed by atoms with van der Waals surface area (Å²) in [5.74, 6) is -4.02. The smallest absolute Gasteiger partial charge is 0.421 e.